The summed E-state index contributed by atoms with van der Waals surface area (Å²) < 4.78 is 0. The van der Waals surface area contributed by atoms with E-state index < -0.39 is 6.09 Å². The molecule has 0 aromatic heterocycles. The maximum Gasteiger partial charge on any atom is 0.426 e. The molecule has 0 bridgehead atoms. The monoisotopic (exact) mass is 228 g/mol. The van der Waals surface area contributed by atoms with Crippen molar-refractivity contribution < 1.29 is 9.90 Å². The average molecular weight is 228 g/mol. The lowest BCUT2D eigenvalue weighted by atomic mass is 10.1. The van der Waals surface area contributed by atoms with Crippen molar-refractivity contribution in [3.05, 3.63) is 54.6 Å². The van der Waals surface area contributed by atoms with Crippen LogP contribution in [0.25, 0.3) is 11.1 Å². The Bertz CT molecular complexity index is 526. The van der Waals surface area contributed by atoms with Crippen LogP contribution in [0, 0.1) is 0 Å². The van der Waals surface area contributed by atoms with Crippen LogP contribution in [0.15, 0.2) is 54.6 Å². The molecule has 0 spiro atoms. The van der Waals surface area contributed by atoms with Crippen LogP contribution >= 0.6 is 0 Å². The normalized spacial score (nSPS) is 9.94. The van der Waals surface area contributed by atoms with Gasteiger partial charge in [0.25, 0.3) is 0 Å². The molecular weight excluding hydrogens is 216 g/mol. The molecule has 0 saturated heterocycles. The zero-order valence-electron chi connectivity index (χ0n) is 9.08. The number of benzene rings is 2. The van der Waals surface area contributed by atoms with E-state index in [1.54, 1.807) is 18.2 Å². The molecule has 0 heterocycles. The number of anilines is 1. The van der Waals surface area contributed by atoms with Crippen molar-refractivity contribution in [3.8, 4) is 11.1 Å². The van der Waals surface area contributed by atoms with E-state index in [-0.39, 0.29) is 0 Å². The smallest absolute Gasteiger partial charge is 0.426 e. The van der Waals surface area contributed by atoms with Crippen molar-refractivity contribution >= 4 is 11.8 Å². The first kappa shape index (κ1) is 11.2. The first-order chi connectivity index (χ1) is 8.18. The quantitative estimate of drug-likeness (QED) is 0.472. The molecule has 17 heavy (non-hydrogen) atoms. The predicted octanol–water partition coefficient (Wildman–Crippen LogP) is 2.71. The van der Waals surface area contributed by atoms with E-state index in [2.05, 4.69) is 0 Å². The molecule has 0 unspecified atom stereocenters. The maximum atomic E-state index is 10.7. The van der Waals surface area contributed by atoms with Crippen molar-refractivity contribution in [1.29, 1.82) is 0 Å². The number of nitrogens with zero attached hydrogens (tertiary/aromatic N) is 1. The van der Waals surface area contributed by atoms with Crippen molar-refractivity contribution in [3.63, 3.8) is 0 Å². The van der Waals surface area contributed by atoms with Crippen molar-refractivity contribution in [2.45, 2.75) is 0 Å². The Morgan fingerprint density at radius 1 is 1.00 bits per heavy atom. The molecule has 2 aromatic rings. The molecule has 86 valence electrons. The fraction of sp³-hybridized carbons (Fsp3) is 0. The molecule has 0 radical (unpaired) electrons. The van der Waals surface area contributed by atoms with Crippen LogP contribution in [-0.2, 0) is 0 Å². The highest BCUT2D eigenvalue weighted by Crippen LogP contribution is 2.23. The number of carboxylic acid groups (broad SMARTS) is 1. The Morgan fingerprint density at radius 2 is 1.65 bits per heavy atom. The van der Waals surface area contributed by atoms with Gasteiger partial charge in [-0.3, -0.25) is 0 Å². The van der Waals surface area contributed by atoms with Gasteiger partial charge in [0.1, 0.15) is 0 Å². The summed E-state index contributed by atoms with van der Waals surface area (Å²) in [5.41, 5.74) is 2.40. The Labute approximate surface area is 98.9 Å². The van der Waals surface area contributed by atoms with E-state index in [0.29, 0.717) is 10.7 Å². The summed E-state index contributed by atoms with van der Waals surface area (Å²) >= 11 is 0. The van der Waals surface area contributed by atoms with Crippen molar-refractivity contribution in [2.24, 2.45) is 5.84 Å². The molecule has 2 rings (SSSR count). The summed E-state index contributed by atoms with van der Waals surface area (Å²) in [6, 6.07) is 16.8. The van der Waals surface area contributed by atoms with Gasteiger partial charge < -0.3 is 5.11 Å². The lowest BCUT2D eigenvalue weighted by molar-refractivity contribution is 0.202. The van der Waals surface area contributed by atoms with Gasteiger partial charge in [-0.05, 0) is 23.3 Å². The second-order valence-electron chi connectivity index (χ2n) is 3.57. The summed E-state index contributed by atoms with van der Waals surface area (Å²) in [7, 11) is 0. The fourth-order valence-electron chi connectivity index (χ4n) is 1.58. The highest BCUT2D eigenvalue weighted by atomic mass is 16.4. The number of amides is 1. The number of hydrogen-bond donors (Lipinski definition) is 2. The Hall–Kier alpha value is -2.33. The standard InChI is InChI=1S/C13H12N2O2/c14-15(13(16)17)12-8-4-7-11(9-12)10-5-2-1-3-6-10/h1-9H,14H2,(H,16,17). The SMILES string of the molecule is NN(C(=O)O)c1cccc(-c2ccccc2)c1. The minimum Gasteiger partial charge on any atom is -0.464 e. The minimum atomic E-state index is -1.18. The van der Waals surface area contributed by atoms with Crippen LogP contribution in [0.1, 0.15) is 0 Å². The highest BCUT2D eigenvalue weighted by Gasteiger charge is 2.09. The number of hydrazine groups is 1. The molecule has 1 amide bonds. The Balaban J connectivity index is 2.39. The Morgan fingerprint density at radius 3 is 2.29 bits per heavy atom. The third kappa shape index (κ3) is 2.43. The minimum absolute atomic E-state index is 0.443. The number of hydrogen-bond acceptors (Lipinski definition) is 2. The first-order valence-electron chi connectivity index (χ1n) is 5.12. The molecule has 4 heteroatoms. The average Bonchev–Trinajstić information content (AvgIpc) is 2.39. The molecule has 0 fully saturated rings. The van der Waals surface area contributed by atoms with E-state index in [9.17, 15) is 4.79 Å². The molecule has 0 aliphatic carbocycles. The molecule has 0 aliphatic rings. The lowest BCUT2D eigenvalue weighted by Crippen LogP contribution is -2.35. The van der Waals surface area contributed by atoms with E-state index in [1.807, 2.05) is 36.4 Å². The Kier molecular flexibility index (Phi) is 3.07. The summed E-state index contributed by atoms with van der Waals surface area (Å²) in [5.74, 6) is 5.42. The second kappa shape index (κ2) is 4.67. The summed E-state index contributed by atoms with van der Waals surface area (Å²) in [5, 5.41) is 9.50. The van der Waals surface area contributed by atoms with Crippen LogP contribution in [-0.4, -0.2) is 11.2 Å². The van der Waals surface area contributed by atoms with Gasteiger partial charge >= 0.3 is 6.09 Å². The second-order valence-corrected chi connectivity index (χ2v) is 3.57. The molecule has 0 aliphatic heterocycles. The third-order valence-corrected chi connectivity index (χ3v) is 2.44. The van der Waals surface area contributed by atoms with Crippen LogP contribution in [0.5, 0.6) is 0 Å². The van der Waals surface area contributed by atoms with Gasteiger partial charge in [-0.25, -0.2) is 15.6 Å². The van der Waals surface area contributed by atoms with E-state index in [4.69, 9.17) is 10.9 Å². The van der Waals surface area contributed by atoms with Gasteiger partial charge in [0.15, 0.2) is 0 Å². The van der Waals surface area contributed by atoms with E-state index >= 15 is 0 Å². The fourth-order valence-corrected chi connectivity index (χ4v) is 1.58. The molecule has 0 saturated carbocycles. The van der Waals surface area contributed by atoms with Gasteiger partial charge in [-0.2, -0.15) is 0 Å². The van der Waals surface area contributed by atoms with Gasteiger partial charge in [0.05, 0.1) is 5.69 Å². The van der Waals surface area contributed by atoms with Crippen LogP contribution in [0.4, 0.5) is 10.5 Å². The van der Waals surface area contributed by atoms with Crippen LogP contribution in [0.3, 0.4) is 0 Å². The zero-order valence-corrected chi connectivity index (χ0v) is 9.08. The topological polar surface area (TPSA) is 66.6 Å². The van der Waals surface area contributed by atoms with Gasteiger partial charge in [-0.1, -0.05) is 42.5 Å². The molecule has 0 atom stereocenters. The number of rotatable bonds is 2. The highest BCUT2D eigenvalue weighted by molar-refractivity contribution is 5.85. The van der Waals surface area contributed by atoms with E-state index in [1.165, 1.54) is 0 Å². The lowest BCUT2D eigenvalue weighted by Gasteiger charge is -2.13. The zero-order chi connectivity index (χ0) is 12.3. The van der Waals surface area contributed by atoms with Crippen LogP contribution in [0.2, 0.25) is 0 Å². The molecule has 3 N–H and O–H groups in total. The summed E-state index contributed by atoms with van der Waals surface area (Å²) in [6.07, 6.45) is -1.18. The molecule has 4 nitrogen and oxygen atoms in total. The largest absolute Gasteiger partial charge is 0.464 e. The number of carbonyl (C=O) groups is 1. The number of nitrogens with two attached hydrogens (primary N) is 1. The van der Waals surface area contributed by atoms with Crippen molar-refractivity contribution in [2.75, 3.05) is 5.01 Å². The van der Waals surface area contributed by atoms with Gasteiger partial charge in [0, 0.05) is 0 Å². The first-order valence-corrected chi connectivity index (χ1v) is 5.12. The molecule has 2 aromatic carbocycles. The van der Waals surface area contributed by atoms with Crippen LogP contribution < -0.4 is 10.9 Å². The molecular formula is C13H12N2O2. The maximum absolute atomic E-state index is 10.7. The van der Waals surface area contributed by atoms with E-state index in [0.717, 1.165) is 11.1 Å². The predicted molar refractivity (Wildman–Crippen MR) is 66.6 cm³/mol. The third-order valence-electron chi connectivity index (χ3n) is 2.44. The van der Waals surface area contributed by atoms with Crippen molar-refractivity contribution in [1.82, 2.24) is 0 Å². The summed E-state index contributed by atoms with van der Waals surface area (Å²) in [4.78, 5) is 10.7. The van der Waals surface area contributed by atoms with Gasteiger partial charge in [0.2, 0.25) is 0 Å². The van der Waals surface area contributed by atoms with Gasteiger partial charge in [-0.15, -0.1) is 0 Å². The summed E-state index contributed by atoms with van der Waals surface area (Å²) in [6.45, 7) is 0.